The van der Waals surface area contributed by atoms with Crippen LogP contribution in [0.25, 0.3) is 78.0 Å². The predicted octanol–water partition coefficient (Wildman–Crippen LogP) is 12.8. The second kappa shape index (κ2) is 24.0. The highest BCUT2D eigenvalue weighted by molar-refractivity contribution is 9.69. The van der Waals surface area contributed by atoms with E-state index in [1.807, 2.05) is 75.0 Å². The molecule has 2 amide bonds. The highest BCUT2D eigenvalue weighted by Crippen LogP contribution is 2.36. The molecule has 4 fully saturated rings. The van der Waals surface area contributed by atoms with E-state index in [9.17, 15) is 14.7 Å². The van der Waals surface area contributed by atoms with Gasteiger partial charge in [0.2, 0.25) is 23.7 Å². The van der Waals surface area contributed by atoms with Crippen LogP contribution in [-0.2, 0) is 9.59 Å². The van der Waals surface area contributed by atoms with E-state index >= 15 is 0 Å². The summed E-state index contributed by atoms with van der Waals surface area (Å²) in [5.41, 5.74) is 5.24. The number of aromatic hydroxyl groups is 1. The minimum absolute atomic E-state index is 0.109. The van der Waals surface area contributed by atoms with Crippen molar-refractivity contribution < 1.29 is 19.4 Å². The van der Waals surface area contributed by atoms with Gasteiger partial charge in [-0.1, -0.05) is 72.8 Å². The van der Waals surface area contributed by atoms with E-state index in [2.05, 4.69) is 133 Å². The number of anilines is 2. The average Bonchev–Trinajstić information content (AvgIpc) is 4.61. The van der Waals surface area contributed by atoms with Crippen molar-refractivity contribution in [1.82, 2.24) is 48.8 Å². The number of likely N-dealkylation sites (tertiary alicyclic amines) is 2. The Morgan fingerprint density at radius 3 is 1.48 bits per heavy atom. The molecule has 4 aliphatic rings. The Hall–Kier alpha value is -7.42. The molecule has 20 heteroatoms. The zero-order chi connectivity index (χ0) is 55.6. The lowest BCUT2D eigenvalue weighted by atomic mass is 10.1. The average molecular weight is 1270 g/mol. The fourth-order valence-corrected chi connectivity index (χ4v) is 11.0. The van der Waals surface area contributed by atoms with Gasteiger partial charge in [0.1, 0.15) is 34.8 Å². The Balaban J connectivity index is 0.000000151. The third kappa shape index (κ3) is 12.4. The number of imidazole rings is 2. The van der Waals surface area contributed by atoms with Crippen LogP contribution in [0.2, 0.25) is 0 Å². The largest absolute Gasteiger partial charge is 0.508 e. The van der Waals surface area contributed by atoms with Gasteiger partial charge in [-0.05, 0) is 121 Å². The van der Waals surface area contributed by atoms with Gasteiger partial charge < -0.3 is 30.3 Å². The summed E-state index contributed by atoms with van der Waals surface area (Å²) in [5, 5.41) is 21.7. The molecule has 2 aliphatic heterocycles. The first kappa shape index (κ1) is 54.2. The second-order valence-electron chi connectivity index (χ2n) is 21.0. The Labute approximate surface area is 493 Å². The van der Waals surface area contributed by atoms with Crippen molar-refractivity contribution in [3.05, 3.63) is 146 Å². The van der Waals surface area contributed by atoms with Crippen LogP contribution in [0.5, 0.6) is 11.5 Å². The van der Waals surface area contributed by atoms with Gasteiger partial charge in [0.15, 0.2) is 0 Å². The van der Waals surface area contributed by atoms with Gasteiger partial charge in [0.25, 0.3) is 0 Å². The number of nitrogens with one attached hydrogen (secondary N) is 2. The summed E-state index contributed by atoms with van der Waals surface area (Å²) in [6.45, 7) is 3.04. The number of halogens is 3. The summed E-state index contributed by atoms with van der Waals surface area (Å²) in [5.74, 6) is 6.01. The third-order valence-electron chi connectivity index (χ3n) is 15.2. The minimum Gasteiger partial charge on any atom is -0.508 e. The maximum atomic E-state index is 12.6. The van der Waals surface area contributed by atoms with E-state index in [-0.39, 0.29) is 32.9 Å². The number of fused-ring (bicyclic) bond motifs is 4. The minimum atomic E-state index is 0.109. The standard InChI is InChI=1S/C31H30N6O2.C30H28N6O2.BBr3/c1-39-25-12-13-27-26(18-25)34-29(23-11-8-20-5-2-3-6-22(20)17-23)37(27)28-14-15-32-31(35-28)33-24-7-4-16-36(19-24)30(38)21-9-10-21;37-24-11-12-26-25(17-24)33-28(22-10-7-19-4-1-2-5-21(19)16-22)36(26)27-13-14-31-30(34-27)32-23-6-3-15-35(18-23)29(38)20-8-9-20;2-1(3)4/h2-3,5-6,8,11-15,17-18,21,24H,4,7,9-10,16,19H2,1H3,(H,32,33,35);1-2,4-5,7,10-14,16-17,20,23,37H,3,6,8-9,15,18H2,(H,31,32,34);/t24-;23-;/m00./s1. The predicted molar refractivity (Wildman–Crippen MR) is 332 cm³/mol. The van der Waals surface area contributed by atoms with Crippen molar-refractivity contribution in [3.63, 3.8) is 0 Å². The van der Waals surface area contributed by atoms with Crippen LogP contribution in [0.4, 0.5) is 11.9 Å². The molecule has 410 valence electrons. The van der Waals surface area contributed by atoms with Crippen molar-refractivity contribution in [3.8, 4) is 45.9 Å². The molecule has 0 bridgehead atoms. The summed E-state index contributed by atoms with van der Waals surface area (Å²) in [6.07, 6.45) is 11.5. The van der Waals surface area contributed by atoms with Gasteiger partial charge in [-0.25, -0.2) is 19.9 Å². The Bertz CT molecular complexity index is 3940. The summed E-state index contributed by atoms with van der Waals surface area (Å²) in [4.78, 5) is 58.0. The SMILES string of the molecule is BrB(Br)Br.COc1ccc2c(c1)nc(-c1ccc3ccccc3c1)n2-c1ccnc(N[C@H]2CCCN(C(=O)C3CC3)C2)n1.O=C(C1CC1)N1CCC[C@H](Nc2nccc(-n3c(-c4ccc5ccccc5c4)nc4cc(O)ccc43)n2)C1. The van der Waals surface area contributed by atoms with Gasteiger partial charge >= 0.3 is 3.18 Å². The van der Waals surface area contributed by atoms with Crippen LogP contribution in [0, 0.1) is 11.8 Å². The van der Waals surface area contributed by atoms with Crippen LogP contribution < -0.4 is 15.4 Å². The molecule has 2 atom stereocenters. The van der Waals surface area contributed by atoms with E-state index in [0.29, 0.717) is 48.1 Å². The number of benzene rings is 6. The maximum Gasteiger partial charge on any atom is 0.369 e. The number of rotatable bonds is 11. The molecule has 2 saturated carbocycles. The van der Waals surface area contributed by atoms with Gasteiger partial charge in [0.05, 0.1) is 29.2 Å². The lowest BCUT2D eigenvalue weighted by molar-refractivity contribution is -0.134. The quantitative estimate of drug-likeness (QED) is 0.104. The molecule has 6 heterocycles. The number of piperidine rings is 2. The number of phenolic OH excluding ortho intramolecular Hbond substituents is 1. The highest BCUT2D eigenvalue weighted by atomic mass is 79.9. The van der Waals surface area contributed by atoms with Gasteiger partial charge in [-0.15, -0.1) is 47.3 Å². The normalized spacial score (nSPS) is 17.0. The molecule has 14 rings (SSSR count). The summed E-state index contributed by atoms with van der Waals surface area (Å²) < 4.78 is 9.83. The number of hydrogen-bond acceptors (Lipinski definition) is 12. The smallest absolute Gasteiger partial charge is 0.369 e. The number of phenols is 1. The van der Waals surface area contributed by atoms with E-state index in [1.165, 1.54) is 5.39 Å². The molecule has 81 heavy (non-hydrogen) atoms. The van der Waals surface area contributed by atoms with Crippen molar-refractivity contribution in [2.45, 2.75) is 63.5 Å². The number of nitrogens with zero attached hydrogens (tertiary/aromatic N) is 10. The van der Waals surface area contributed by atoms with Gasteiger partial charge in [-0.2, -0.15) is 9.97 Å². The van der Waals surface area contributed by atoms with Crippen LogP contribution in [0.15, 0.2) is 146 Å². The third-order valence-corrected chi connectivity index (χ3v) is 15.2. The molecule has 0 radical (unpaired) electrons. The molecule has 2 saturated heterocycles. The molecule has 6 aromatic carbocycles. The molecule has 0 unspecified atom stereocenters. The fourth-order valence-electron chi connectivity index (χ4n) is 11.0. The number of methoxy groups -OCH3 is 1. The first-order valence-electron chi connectivity index (χ1n) is 27.5. The number of carbonyl (C=O) groups excluding carboxylic acids is 2. The van der Waals surface area contributed by atoms with Crippen LogP contribution >= 0.6 is 47.3 Å². The number of carbonyl (C=O) groups is 2. The number of hydrogen-bond donors (Lipinski definition) is 3. The van der Waals surface area contributed by atoms with E-state index in [1.54, 1.807) is 31.6 Å². The fraction of sp³-hybridized carbons (Fsp3) is 0.279. The monoisotopic (exact) mass is 1270 g/mol. The topological polar surface area (TPSA) is 181 Å². The summed E-state index contributed by atoms with van der Waals surface area (Å²) in [6, 6.07) is 44.4. The Morgan fingerprint density at radius 1 is 0.556 bits per heavy atom. The van der Waals surface area contributed by atoms with Gasteiger partial charge in [0, 0.05) is 85.8 Å². The first-order valence-corrected chi connectivity index (χ1v) is 30.2. The maximum absolute atomic E-state index is 12.6. The van der Waals surface area contributed by atoms with Gasteiger partial charge in [-0.3, -0.25) is 18.7 Å². The van der Waals surface area contributed by atoms with E-state index in [4.69, 9.17) is 24.7 Å². The molecular formula is C61H58BBr3N12O4. The molecule has 10 aromatic rings. The summed E-state index contributed by atoms with van der Waals surface area (Å²) in [7, 11) is 1.66. The zero-order valence-corrected chi connectivity index (χ0v) is 49.3. The van der Waals surface area contributed by atoms with Crippen LogP contribution in [0.1, 0.15) is 51.4 Å². The Kier molecular flexibility index (Phi) is 16.0. The lowest BCUT2D eigenvalue weighted by Crippen LogP contribution is -2.45. The zero-order valence-electron chi connectivity index (χ0n) is 44.5. The van der Waals surface area contributed by atoms with Crippen molar-refractivity contribution in [1.29, 1.82) is 0 Å². The van der Waals surface area contributed by atoms with Crippen LogP contribution in [-0.4, -0.2) is 114 Å². The van der Waals surface area contributed by atoms with Crippen LogP contribution in [0.3, 0.4) is 0 Å². The Morgan fingerprint density at radius 2 is 1.01 bits per heavy atom. The number of amides is 2. The molecule has 3 N–H and O–H groups in total. The summed E-state index contributed by atoms with van der Waals surface area (Å²) >= 11 is 9.31. The molecule has 0 spiro atoms. The number of aromatic nitrogens is 8. The molecule has 4 aromatic heterocycles. The number of ether oxygens (including phenoxy) is 1. The highest BCUT2D eigenvalue weighted by Gasteiger charge is 2.37. The second-order valence-corrected chi connectivity index (χ2v) is 27.4. The lowest BCUT2D eigenvalue weighted by Gasteiger charge is -2.33. The first-order chi connectivity index (χ1) is 39.5. The molecule has 2 aliphatic carbocycles. The van der Waals surface area contributed by atoms with Crippen molar-refractivity contribution in [2.24, 2.45) is 11.8 Å². The van der Waals surface area contributed by atoms with Crippen molar-refractivity contribution in [2.75, 3.05) is 43.9 Å². The molecule has 16 nitrogen and oxygen atoms in total. The van der Waals surface area contributed by atoms with E-state index < -0.39 is 0 Å². The van der Waals surface area contributed by atoms with E-state index in [0.717, 1.165) is 132 Å². The van der Waals surface area contributed by atoms with Crippen molar-refractivity contribution >= 4 is 118 Å². The molecular weight excluding hydrogens is 1220 g/mol.